The molecular formula is C33H65NO5. The van der Waals surface area contributed by atoms with Crippen molar-refractivity contribution in [1.82, 2.24) is 4.90 Å². The summed E-state index contributed by atoms with van der Waals surface area (Å²) in [5.74, 6) is -0.0738. The average Bonchev–Trinajstić information content (AvgIpc) is 2.93. The van der Waals surface area contributed by atoms with Crippen LogP contribution < -0.4 is 0 Å². The predicted octanol–water partition coefficient (Wildman–Crippen LogP) is 8.38. The Hall–Kier alpha value is -1.14. The zero-order valence-corrected chi connectivity index (χ0v) is 26.2. The van der Waals surface area contributed by atoms with Crippen LogP contribution in [-0.4, -0.2) is 60.9 Å². The number of hydrogen-bond donors (Lipinski definition) is 1. The molecule has 6 nitrogen and oxygen atoms in total. The molecule has 0 fully saturated rings. The SMILES string of the molecule is CCCCCCCCCOC(=O)CCCCCCCN(CCO)CCCCCCCC(=O)OC(CC)CCC. The molecule has 0 radical (unpaired) electrons. The highest BCUT2D eigenvalue weighted by atomic mass is 16.5. The third-order valence-electron chi connectivity index (χ3n) is 7.50. The Morgan fingerprint density at radius 3 is 1.67 bits per heavy atom. The van der Waals surface area contributed by atoms with Crippen molar-refractivity contribution in [2.75, 3.05) is 32.8 Å². The van der Waals surface area contributed by atoms with Crippen LogP contribution in [0.5, 0.6) is 0 Å². The smallest absolute Gasteiger partial charge is 0.306 e. The van der Waals surface area contributed by atoms with Gasteiger partial charge in [-0.15, -0.1) is 0 Å². The lowest BCUT2D eigenvalue weighted by Gasteiger charge is -2.21. The lowest BCUT2D eigenvalue weighted by molar-refractivity contribution is -0.149. The Balaban J connectivity index is 3.63. The van der Waals surface area contributed by atoms with Crippen LogP contribution in [-0.2, 0) is 19.1 Å². The zero-order chi connectivity index (χ0) is 28.8. The maximum Gasteiger partial charge on any atom is 0.306 e. The van der Waals surface area contributed by atoms with Gasteiger partial charge in [0.1, 0.15) is 6.10 Å². The number of carbonyl (C=O) groups excluding carboxylic acids is 2. The lowest BCUT2D eigenvalue weighted by Crippen LogP contribution is -2.29. The Labute approximate surface area is 242 Å². The molecule has 1 N–H and O–H groups in total. The number of ether oxygens (including phenoxy) is 2. The van der Waals surface area contributed by atoms with Crippen molar-refractivity contribution in [2.45, 2.75) is 168 Å². The minimum absolute atomic E-state index is 0.0351. The fourth-order valence-electron chi connectivity index (χ4n) is 4.98. The molecule has 0 heterocycles. The molecule has 0 aliphatic heterocycles. The van der Waals surface area contributed by atoms with Crippen LogP contribution in [0.2, 0.25) is 0 Å². The standard InChI is InChI=1S/C33H65NO5/c1-4-7-8-9-10-17-22-30-38-32(36)24-18-13-11-15-20-26-34(28-29-35)27-21-16-12-14-19-25-33(37)39-31(6-3)23-5-2/h31,35H,4-30H2,1-3H3. The van der Waals surface area contributed by atoms with Crippen LogP contribution in [0.25, 0.3) is 0 Å². The minimum atomic E-state index is -0.0387. The molecule has 0 bridgehead atoms. The molecule has 0 spiro atoms. The average molecular weight is 556 g/mol. The topological polar surface area (TPSA) is 76.1 Å². The van der Waals surface area contributed by atoms with E-state index in [2.05, 4.69) is 25.7 Å². The van der Waals surface area contributed by atoms with E-state index in [9.17, 15) is 14.7 Å². The van der Waals surface area contributed by atoms with Gasteiger partial charge in [-0.05, 0) is 58.0 Å². The summed E-state index contributed by atoms with van der Waals surface area (Å²) in [6.07, 6.45) is 23.7. The lowest BCUT2D eigenvalue weighted by atomic mass is 10.1. The Kier molecular flexibility index (Phi) is 29.0. The summed E-state index contributed by atoms with van der Waals surface area (Å²) in [6, 6.07) is 0. The van der Waals surface area contributed by atoms with Crippen molar-refractivity contribution in [3.63, 3.8) is 0 Å². The number of carbonyl (C=O) groups is 2. The van der Waals surface area contributed by atoms with Crippen molar-refractivity contribution in [1.29, 1.82) is 0 Å². The molecule has 0 aromatic heterocycles. The maximum absolute atomic E-state index is 12.0. The van der Waals surface area contributed by atoms with Gasteiger partial charge in [-0.3, -0.25) is 9.59 Å². The number of rotatable bonds is 30. The summed E-state index contributed by atoms with van der Waals surface area (Å²) in [5.41, 5.74) is 0. The van der Waals surface area contributed by atoms with Crippen molar-refractivity contribution >= 4 is 11.9 Å². The molecule has 0 rings (SSSR count). The predicted molar refractivity (Wildman–Crippen MR) is 163 cm³/mol. The van der Waals surface area contributed by atoms with Crippen LogP contribution >= 0.6 is 0 Å². The first-order valence-electron chi connectivity index (χ1n) is 16.8. The van der Waals surface area contributed by atoms with Gasteiger partial charge in [0.15, 0.2) is 0 Å². The summed E-state index contributed by atoms with van der Waals surface area (Å²) < 4.78 is 10.9. The highest BCUT2D eigenvalue weighted by Gasteiger charge is 2.11. The highest BCUT2D eigenvalue weighted by Crippen LogP contribution is 2.12. The third-order valence-corrected chi connectivity index (χ3v) is 7.50. The van der Waals surface area contributed by atoms with Gasteiger partial charge in [0, 0.05) is 19.4 Å². The number of nitrogens with zero attached hydrogens (tertiary/aromatic N) is 1. The summed E-state index contributed by atoms with van der Waals surface area (Å²) >= 11 is 0. The van der Waals surface area contributed by atoms with E-state index in [1.54, 1.807) is 0 Å². The number of esters is 2. The van der Waals surface area contributed by atoms with Crippen LogP contribution in [0.1, 0.15) is 162 Å². The molecule has 39 heavy (non-hydrogen) atoms. The molecule has 1 atom stereocenters. The molecule has 0 aliphatic carbocycles. The van der Waals surface area contributed by atoms with E-state index < -0.39 is 0 Å². The van der Waals surface area contributed by atoms with Crippen LogP contribution in [0.3, 0.4) is 0 Å². The van der Waals surface area contributed by atoms with Gasteiger partial charge in [0.05, 0.1) is 13.2 Å². The Morgan fingerprint density at radius 2 is 1.13 bits per heavy atom. The first-order valence-corrected chi connectivity index (χ1v) is 16.8. The zero-order valence-electron chi connectivity index (χ0n) is 26.2. The van der Waals surface area contributed by atoms with Crippen LogP contribution in [0.15, 0.2) is 0 Å². The van der Waals surface area contributed by atoms with Crippen molar-refractivity contribution in [3.05, 3.63) is 0 Å². The first-order chi connectivity index (χ1) is 19.1. The molecule has 0 saturated carbocycles. The highest BCUT2D eigenvalue weighted by molar-refractivity contribution is 5.69. The van der Waals surface area contributed by atoms with E-state index in [1.807, 2.05) is 0 Å². The van der Waals surface area contributed by atoms with Gasteiger partial charge in [-0.25, -0.2) is 0 Å². The van der Waals surface area contributed by atoms with Crippen LogP contribution in [0.4, 0.5) is 0 Å². The molecule has 0 aromatic rings. The second kappa shape index (κ2) is 29.8. The Bertz CT molecular complexity index is 542. The van der Waals surface area contributed by atoms with Gasteiger partial charge in [-0.2, -0.15) is 0 Å². The molecule has 1 unspecified atom stereocenters. The number of aliphatic hydroxyl groups excluding tert-OH is 1. The van der Waals surface area contributed by atoms with Gasteiger partial charge in [-0.1, -0.05) is 104 Å². The number of unbranched alkanes of at least 4 members (excludes halogenated alkanes) is 14. The number of hydrogen-bond acceptors (Lipinski definition) is 6. The second-order valence-corrected chi connectivity index (χ2v) is 11.3. The van der Waals surface area contributed by atoms with Crippen LogP contribution in [0, 0.1) is 0 Å². The molecule has 0 amide bonds. The fourth-order valence-corrected chi connectivity index (χ4v) is 4.98. The van der Waals surface area contributed by atoms with Gasteiger partial charge >= 0.3 is 11.9 Å². The van der Waals surface area contributed by atoms with E-state index >= 15 is 0 Å². The molecule has 0 aliphatic rings. The third kappa shape index (κ3) is 26.8. The molecule has 6 heteroatoms. The van der Waals surface area contributed by atoms with Gasteiger partial charge in [0.2, 0.25) is 0 Å². The van der Waals surface area contributed by atoms with E-state index in [4.69, 9.17) is 9.47 Å². The second-order valence-electron chi connectivity index (χ2n) is 11.3. The largest absolute Gasteiger partial charge is 0.466 e. The van der Waals surface area contributed by atoms with E-state index in [1.165, 1.54) is 51.4 Å². The summed E-state index contributed by atoms with van der Waals surface area (Å²) in [6.45, 7) is 10.0. The first kappa shape index (κ1) is 37.9. The number of aliphatic hydroxyl groups is 1. The fraction of sp³-hybridized carbons (Fsp3) is 0.939. The van der Waals surface area contributed by atoms with E-state index in [0.29, 0.717) is 19.4 Å². The van der Waals surface area contributed by atoms with Crippen molar-refractivity contribution in [3.8, 4) is 0 Å². The minimum Gasteiger partial charge on any atom is -0.466 e. The normalized spacial score (nSPS) is 12.1. The maximum atomic E-state index is 12.0. The van der Waals surface area contributed by atoms with Gasteiger partial charge in [0.25, 0.3) is 0 Å². The van der Waals surface area contributed by atoms with E-state index in [-0.39, 0.29) is 24.6 Å². The van der Waals surface area contributed by atoms with Crippen molar-refractivity contribution < 1.29 is 24.2 Å². The molecule has 0 aromatic carbocycles. The summed E-state index contributed by atoms with van der Waals surface area (Å²) in [4.78, 5) is 26.2. The Morgan fingerprint density at radius 1 is 0.615 bits per heavy atom. The molecule has 232 valence electrons. The molecular weight excluding hydrogens is 490 g/mol. The summed E-state index contributed by atoms with van der Waals surface area (Å²) in [5, 5.41) is 9.41. The van der Waals surface area contributed by atoms with E-state index in [0.717, 1.165) is 96.7 Å². The molecule has 0 saturated heterocycles. The summed E-state index contributed by atoms with van der Waals surface area (Å²) in [7, 11) is 0. The van der Waals surface area contributed by atoms with Crippen molar-refractivity contribution in [2.24, 2.45) is 0 Å². The van der Waals surface area contributed by atoms with Gasteiger partial charge < -0.3 is 19.5 Å². The monoisotopic (exact) mass is 555 g/mol. The quantitative estimate of drug-likeness (QED) is 0.0708.